The fraction of sp³-hybridized carbons (Fsp3) is 0.357. The number of carbonyl (C=O) groups is 3. The van der Waals surface area contributed by atoms with E-state index in [9.17, 15) is 23.2 Å². The van der Waals surface area contributed by atoms with Crippen molar-refractivity contribution in [1.29, 1.82) is 0 Å². The van der Waals surface area contributed by atoms with Crippen molar-refractivity contribution in [3.8, 4) is 0 Å². The van der Waals surface area contributed by atoms with Crippen LogP contribution < -0.4 is 5.32 Å². The van der Waals surface area contributed by atoms with Gasteiger partial charge >= 0.3 is 0 Å². The van der Waals surface area contributed by atoms with Crippen molar-refractivity contribution in [1.82, 2.24) is 10.2 Å². The molecule has 1 aromatic rings. The standard InChI is InChI=1S/C14H14F2N2O3/c1-2-10-14(21)17-12(20)7-18(10)6-11(19)13-8(15)4-3-5-9(13)16/h3-5,10H,2,6-7H2,1H3,(H,17,20,21). The fourth-order valence-corrected chi connectivity index (χ4v) is 2.36. The van der Waals surface area contributed by atoms with Crippen molar-refractivity contribution in [3.63, 3.8) is 0 Å². The summed E-state index contributed by atoms with van der Waals surface area (Å²) in [5.41, 5.74) is -0.647. The molecule has 1 aromatic carbocycles. The SMILES string of the molecule is CCC1C(=O)NC(=O)CN1CC(=O)c1c(F)cccc1F. The first-order chi connectivity index (χ1) is 9.93. The number of piperazine rings is 1. The smallest absolute Gasteiger partial charge is 0.243 e. The number of nitrogens with one attached hydrogen (secondary N) is 1. The molecule has 1 atom stereocenters. The van der Waals surface area contributed by atoms with Gasteiger partial charge in [0.15, 0.2) is 5.78 Å². The van der Waals surface area contributed by atoms with Gasteiger partial charge in [-0.2, -0.15) is 0 Å². The minimum atomic E-state index is -0.958. The first-order valence-electron chi connectivity index (χ1n) is 6.49. The van der Waals surface area contributed by atoms with Crippen LogP contribution in [-0.2, 0) is 9.59 Å². The fourth-order valence-electron chi connectivity index (χ4n) is 2.36. The average molecular weight is 296 g/mol. The van der Waals surface area contributed by atoms with Crippen LogP contribution in [0.2, 0.25) is 0 Å². The van der Waals surface area contributed by atoms with E-state index in [0.717, 1.165) is 18.2 Å². The lowest BCUT2D eigenvalue weighted by molar-refractivity contribution is -0.139. The normalized spacial score (nSPS) is 19.5. The number of ketones is 1. The third-order valence-corrected chi connectivity index (χ3v) is 3.33. The molecule has 0 aliphatic carbocycles. The van der Waals surface area contributed by atoms with Crippen LogP contribution in [-0.4, -0.2) is 41.6 Å². The van der Waals surface area contributed by atoms with Gasteiger partial charge in [0.05, 0.1) is 24.7 Å². The van der Waals surface area contributed by atoms with E-state index in [1.54, 1.807) is 6.92 Å². The zero-order valence-corrected chi connectivity index (χ0v) is 11.4. The second-order valence-corrected chi connectivity index (χ2v) is 4.76. The minimum Gasteiger partial charge on any atom is -0.294 e. The van der Waals surface area contributed by atoms with Gasteiger partial charge in [-0.1, -0.05) is 13.0 Å². The number of hydrogen-bond acceptors (Lipinski definition) is 4. The Hall–Kier alpha value is -2.15. The monoisotopic (exact) mass is 296 g/mol. The Kier molecular flexibility index (Phi) is 4.42. The van der Waals surface area contributed by atoms with E-state index in [4.69, 9.17) is 0 Å². The van der Waals surface area contributed by atoms with Crippen LogP contribution >= 0.6 is 0 Å². The lowest BCUT2D eigenvalue weighted by Crippen LogP contribution is -2.58. The Labute approximate surface area is 119 Å². The van der Waals surface area contributed by atoms with Crippen LogP contribution in [0.15, 0.2) is 18.2 Å². The average Bonchev–Trinajstić information content (AvgIpc) is 2.37. The van der Waals surface area contributed by atoms with Gasteiger partial charge < -0.3 is 0 Å². The highest BCUT2D eigenvalue weighted by Gasteiger charge is 2.34. The van der Waals surface area contributed by atoms with E-state index in [0.29, 0.717) is 6.42 Å². The van der Waals surface area contributed by atoms with Crippen molar-refractivity contribution in [2.24, 2.45) is 0 Å². The van der Waals surface area contributed by atoms with E-state index < -0.39 is 47.4 Å². The lowest BCUT2D eigenvalue weighted by Gasteiger charge is -2.32. The highest BCUT2D eigenvalue weighted by atomic mass is 19.1. The van der Waals surface area contributed by atoms with Crippen molar-refractivity contribution < 1.29 is 23.2 Å². The van der Waals surface area contributed by atoms with Crippen LogP contribution in [0.4, 0.5) is 8.78 Å². The first-order valence-corrected chi connectivity index (χ1v) is 6.49. The molecule has 0 radical (unpaired) electrons. The van der Waals surface area contributed by atoms with Gasteiger partial charge in [0.1, 0.15) is 11.6 Å². The highest BCUT2D eigenvalue weighted by Crippen LogP contribution is 2.16. The molecule has 1 saturated heterocycles. The molecule has 1 aliphatic heterocycles. The first kappa shape index (κ1) is 15.2. The van der Waals surface area contributed by atoms with Crippen LogP contribution in [0.1, 0.15) is 23.7 Å². The van der Waals surface area contributed by atoms with Gasteiger partial charge in [0.25, 0.3) is 0 Å². The second-order valence-electron chi connectivity index (χ2n) is 4.76. The summed E-state index contributed by atoms with van der Waals surface area (Å²) in [6, 6.07) is 2.47. The van der Waals surface area contributed by atoms with Gasteiger partial charge in [-0.3, -0.25) is 24.6 Å². The van der Waals surface area contributed by atoms with E-state index in [2.05, 4.69) is 5.32 Å². The third kappa shape index (κ3) is 3.13. The zero-order valence-electron chi connectivity index (χ0n) is 11.4. The number of amides is 2. The number of hydrogen-bond donors (Lipinski definition) is 1. The molecule has 2 amide bonds. The molecule has 1 unspecified atom stereocenters. The molecule has 0 bridgehead atoms. The molecule has 21 heavy (non-hydrogen) atoms. The molecule has 2 rings (SSSR count). The predicted molar refractivity (Wildman–Crippen MR) is 69.5 cm³/mol. The highest BCUT2D eigenvalue weighted by molar-refractivity contribution is 6.03. The van der Waals surface area contributed by atoms with E-state index in [-0.39, 0.29) is 6.54 Å². The van der Waals surface area contributed by atoms with Gasteiger partial charge in [0, 0.05) is 0 Å². The van der Waals surface area contributed by atoms with Crippen LogP contribution in [0, 0.1) is 11.6 Å². The van der Waals surface area contributed by atoms with Crippen molar-refractivity contribution in [2.75, 3.05) is 13.1 Å². The second kappa shape index (κ2) is 6.09. The predicted octanol–water partition coefficient (Wildman–Crippen LogP) is 0.884. The van der Waals surface area contributed by atoms with Gasteiger partial charge in [-0.25, -0.2) is 8.78 Å². The Morgan fingerprint density at radius 3 is 2.52 bits per heavy atom. The van der Waals surface area contributed by atoms with Crippen molar-refractivity contribution >= 4 is 17.6 Å². The van der Waals surface area contributed by atoms with Crippen LogP contribution in [0.3, 0.4) is 0 Å². The Balaban J connectivity index is 2.21. The van der Waals surface area contributed by atoms with Crippen LogP contribution in [0.25, 0.3) is 0 Å². The summed E-state index contributed by atoms with van der Waals surface area (Å²) in [6.07, 6.45) is 0.381. The molecule has 5 nitrogen and oxygen atoms in total. The molecular weight excluding hydrogens is 282 g/mol. The number of nitrogens with zero attached hydrogens (tertiary/aromatic N) is 1. The minimum absolute atomic E-state index is 0.161. The number of benzene rings is 1. The Morgan fingerprint density at radius 1 is 1.33 bits per heavy atom. The summed E-state index contributed by atoms with van der Waals surface area (Å²) in [4.78, 5) is 36.4. The third-order valence-electron chi connectivity index (χ3n) is 3.33. The molecule has 0 aromatic heterocycles. The molecular formula is C14H14F2N2O3. The molecule has 1 aliphatic rings. The maximum absolute atomic E-state index is 13.6. The Morgan fingerprint density at radius 2 is 1.95 bits per heavy atom. The quantitative estimate of drug-likeness (QED) is 0.662. The molecule has 0 spiro atoms. The lowest BCUT2D eigenvalue weighted by atomic mass is 10.1. The molecule has 1 heterocycles. The maximum Gasteiger partial charge on any atom is 0.243 e. The number of carbonyl (C=O) groups excluding carboxylic acids is 3. The van der Waals surface area contributed by atoms with Crippen molar-refractivity contribution in [2.45, 2.75) is 19.4 Å². The van der Waals surface area contributed by atoms with Crippen LogP contribution in [0.5, 0.6) is 0 Å². The summed E-state index contributed by atoms with van der Waals surface area (Å²) in [5, 5.41) is 2.17. The number of rotatable bonds is 4. The summed E-state index contributed by atoms with van der Waals surface area (Å²) < 4.78 is 27.1. The molecule has 1 N–H and O–H groups in total. The van der Waals surface area contributed by atoms with E-state index in [1.807, 2.05) is 0 Å². The van der Waals surface area contributed by atoms with Gasteiger partial charge in [-0.15, -0.1) is 0 Å². The zero-order chi connectivity index (χ0) is 15.6. The van der Waals surface area contributed by atoms with Gasteiger partial charge in [0.2, 0.25) is 11.8 Å². The largest absolute Gasteiger partial charge is 0.294 e. The Bertz CT molecular complexity index is 584. The summed E-state index contributed by atoms with van der Waals surface area (Å²) in [6.45, 7) is 1.17. The van der Waals surface area contributed by atoms with E-state index in [1.165, 1.54) is 4.90 Å². The number of imide groups is 1. The molecule has 0 saturated carbocycles. The molecule has 1 fully saturated rings. The summed E-state index contributed by atoms with van der Waals surface area (Å²) in [7, 11) is 0. The number of Topliss-reactive ketones (excluding diaryl/α,β-unsaturated/α-hetero) is 1. The number of halogens is 2. The maximum atomic E-state index is 13.6. The van der Waals surface area contributed by atoms with Gasteiger partial charge in [-0.05, 0) is 18.6 Å². The molecule has 112 valence electrons. The summed E-state index contributed by atoms with van der Waals surface area (Å²) >= 11 is 0. The van der Waals surface area contributed by atoms with Crippen molar-refractivity contribution in [3.05, 3.63) is 35.4 Å². The van der Waals surface area contributed by atoms with E-state index >= 15 is 0 Å². The topological polar surface area (TPSA) is 66.5 Å². The molecule has 7 heteroatoms. The summed E-state index contributed by atoms with van der Waals surface area (Å²) in [5.74, 6) is -3.75.